The standard InChI is InChI=1S/C19H29FN2O2/c1-14-12-15(6-7-16(14)20)13-21-19(5)8-10-22(11-9-19)17(23)24-18(2,3)4/h6-7,12,21H,8-11,13H2,1-5H3. The molecule has 5 heteroatoms. The fraction of sp³-hybridized carbons (Fsp3) is 0.632. The number of likely N-dealkylation sites (tertiary alicyclic amines) is 1. The van der Waals surface area contributed by atoms with Crippen molar-refractivity contribution in [2.45, 2.75) is 65.1 Å². The van der Waals surface area contributed by atoms with E-state index < -0.39 is 5.60 Å². The predicted octanol–water partition coefficient (Wildman–Crippen LogP) is 4.01. The predicted molar refractivity (Wildman–Crippen MR) is 93.4 cm³/mol. The molecule has 1 fully saturated rings. The molecule has 1 heterocycles. The minimum Gasteiger partial charge on any atom is -0.444 e. The lowest BCUT2D eigenvalue weighted by atomic mass is 9.89. The molecule has 1 aliphatic rings. The molecule has 1 aromatic carbocycles. The van der Waals surface area contributed by atoms with Gasteiger partial charge in [-0.2, -0.15) is 0 Å². The molecule has 1 aliphatic heterocycles. The smallest absolute Gasteiger partial charge is 0.410 e. The summed E-state index contributed by atoms with van der Waals surface area (Å²) in [7, 11) is 0. The van der Waals surface area contributed by atoms with Gasteiger partial charge in [-0.05, 0) is 64.7 Å². The maximum atomic E-state index is 13.3. The topological polar surface area (TPSA) is 41.6 Å². The Bertz CT molecular complexity index is 588. The molecule has 0 spiro atoms. The molecular formula is C19H29FN2O2. The second kappa shape index (κ2) is 7.09. The van der Waals surface area contributed by atoms with Crippen LogP contribution in [0.2, 0.25) is 0 Å². The Labute approximate surface area is 144 Å². The molecule has 134 valence electrons. The first kappa shape index (κ1) is 18.7. The Morgan fingerprint density at radius 3 is 2.50 bits per heavy atom. The van der Waals surface area contributed by atoms with Gasteiger partial charge in [0.25, 0.3) is 0 Å². The van der Waals surface area contributed by atoms with Crippen LogP contribution in [0.15, 0.2) is 18.2 Å². The largest absolute Gasteiger partial charge is 0.444 e. The van der Waals surface area contributed by atoms with Crippen molar-refractivity contribution in [2.24, 2.45) is 0 Å². The number of benzene rings is 1. The molecule has 0 bridgehead atoms. The van der Waals surface area contributed by atoms with Crippen molar-refractivity contribution in [3.05, 3.63) is 35.1 Å². The van der Waals surface area contributed by atoms with Gasteiger partial charge in [0.2, 0.25) is 0 Å². The number of nitrogens with one attached hydrogen (secondary N) is 1. The summed E-state index contributed by atoms with van der Waals surface area (Å²) < 4.78 is 18.8. The normalized spacial score (nSPS) is 17.7. The summed E-state index contributed by atoms with van der Waals surface area (Å²) in [4.78, 5) is 13.9. The lowest BCUT2D eigenvalue weighted by molar-refractivity contribution is 0.0156. The molecule has 0 unspecified atom stereocenters. The van der Waals surface area contributed by atoms with Gasteiger partial charge in [-0.15, -0.1) is 0 Å². The van der Waals surface area contributed by atoms with E-state index in [0.29, 0.717) is 25.2 Å². The van der Waals surface area contributed by atoms with Crippen LogP contribution in [0.1, 0.15) is 51.7 Å². The SMILES string of the molecule is Cc1cc(CNC2(C)CCN(C(=O)OC(C)(C)C)CC2)ccc1F. The Balaban J connectivity index is 1.85. The van der Waals surface area contributed by atoms with E-state index >= 15 is 0 Å². The highest BCUT2D eigenvalue weighted by molar-refractivity contribution is 5.68. The number of nitrogens with zero attached hydrogens (tertiary/aromatic N) is 1. The van der Waals surface area contributed by atoms with Crippen LogP contribution in [-0.4, -0.2) is 35.2 Å². The number of halogens is 1. The highest BCUT2D eigenvalue weighted by Crippen LogP contribution is 2.24. The molecule has 0 aromatic heterocycles. The van der Waals surface area contributed by atoms with Crippen LogP contribution in [0.5, 0.6) is 0 Å². The van der Waals surface area contributed by atoms with Gasteiger partial charge in [-0.1, -0.05) is 12.1 Å². The number of piperidine rings is 1. The minimum atomic E-state index is -0.462. The van der Waals surface area contributed by atoms with Crippen LogP contribution in [0.25, 0.3) is 0 Å². The number of carbonyl (C=O) groups is 1. The molecule has 0 radical (unpaired) electrons. The van der Waals surface area contributed by atoms with E-state index in [4.69, 9.17) is 4.74 Å². The van der Waals surface area contributed by atoms with Crippen LogP contribution in [0, 0.1) is 12.7 Å². The van der Waals surface area contributed by atoms with E-state index in [1.807, 2.05) is 32.9 Å². The molecule has 24 heavy (non-hydrogen) atoms. The third-order valence-electron chi connectivity index (χ3n) is 4.46. The zero-order chi connectivity index (χ0) is 18.0. The van der Waals surface area contributed by atoms with Crippen LogP contribution in [-0.2, 0) is 11.3 Å². The minimum absolute atomic E-state index is 0.0270. The molecule has 2 rings (SSSR count). The lowest BCUT2D eigenvalue weighted by Gasteiger charge is -2.40. The highest BCUT2D eigenvalue weighted by Gasteiger charge is 2.33. The van der Waals surface area contributed by atoms with Gasteiger partial charge in [0, 0.05) is 25.2 Å². The molecule has 0 saturated carbocycles. The molecule has 4 nitrogen and oxygen atoms in total. The summed E-state index contributed by atoms with van der Waals surface area (Å²) in [6.07, 6.45) is 1.50. The number of ether oxygens (including phenoxy) is 1. The maximum Gasteiger partial charge on any atom is 0.410 e. The zero-order valence-electron chi connectivity index (χ0n) is 15.4. The Morgan fingerprint density at radius 1 is 1.33 bits per heavy atom. The number of carbonyl (C=O) groups excluding carboxylic acids is 1. The van der Waals surface area contributed by atoms with Gasteiger partial charge in [-0.3, -0.25) is 0 Å². The Hall–Kier alpha value is -1.62. The second-order valence-corrected chi connectivity index (χ2v) is 7.97. The lowest BCUT2D eigenvalue weighted by Crippen LogP contribution is -2.53. The average molecular weight is 336 g/mol. The van der Waals surface area contributed by atoms with Crippen molar-refractivity contribution < 1.29 is 13.9 Å². The van der Waals surface area contributed by atoms with Crippen LogP contribution >= 0.6 is 0 Å². The number of hydrogen-bond acceptors (Lipinski definition) is 3. The number of aryl methyl sites for hydroxylation is 1. The molecule has 1 aromatic rings. The van der Waals surface area contributed by atoms with E-state index in [0.717, 1.165) is 18.4 Å². The van der Waals surface area contributed by atoms with Crippen molar-refractivity contribution in [3.8, 4) is 0 Å². The molecular weight excluding hydrogens is 307 g/mol. The summed E-state index contributed by atoms with van der Waals surface area (Å²) in [6.45, 7) is 11.7. The summed E-state index contributed by atoms with van der Waals surface area (Å²) in [5.74, 6) is -0.171. The fourth-order valence-corrected chi connectivity index (χ4v) is 2.82. The first-order valence-electron chi connectivity index (χ1n) is 8.56. The van der Waals surface area contributed by atoms with Gasteiger partial charge >= 0.3 is 6.09 Å². The quantitative estimate of drug-likeness (QED) is 0.907. The Morgan fingerprint density at radius 2 is 1.96 bits per heavy atom. The number of amides is 1. The van der Waals surface area contributed by atoms with Crippen molar-refractivity contribution in [2.75, 3.05) is 13.1 Å². The van der Waals surface area contributed by atoms with Gasteiger partial charge in [0.1, 0.15) is 11.4 Å². The summed E-state index contributed by atoms with van der Waals surface area (Å²) >= 11 is 0. The molecule has 0 atom stereocenters. The third kappa shape index (κ3) is 5.20. The zero-order valence-corrected chi connectivity index (χ0v) is 15.4. The summed E-state index contributed by atoms with van der Waals surface area (Å²) in [5.41, 5.74) is 1.25. The molecule has 0 aliphatic carbocycles. The van der Waals surface area contributed by atoms with Crippen molar-refractivity contribution in [1.29, 1.82) is 0 Å². The van der Waals surface area contributed by atoms with Crippen LogP contribution < -0.4 is 5.32 Å². The van der Waals surface area contributed by atoms with Gasteiger partial charge in [0.15, 0.2) is 0 Å². The van der Waals surface area contributed by atoms with Gasteiger partial charge in [-0.25, -0.2) is 9.18 Å². The fourth-order valence-electron chi connectivity index (χ4n) is 2.82. The van der Waals surface area contributed by atoms with Gasteiger partial charge < -0.3 is 15.0 Å². The first-order valence-corrected chi connectivity index (χ1v) is 8.56. The number of rotatable bonds is 3. The van der Waals surface area contributed by atoms with Gasteiger partial charge in [0.05, 0.1) is 0 Å². The van der Waals surface area contributed by atoms with E-state index in [1.165, 1.54) is 6.07 Å². The molecule has 1 N–H and O–H groups in total. The van der Waals surface area contributed by atoms with E-state index in [9.17, 15) is 9.18 Å². The third-order valence-corrected chi connectivity index (χ3v) is 4.46. The second-order valence-electron chi connectivity index (χ2n) is 7.97. The van der Waals surface area contributed by atoms with Crippen molar-refractivity contribution in [3.63, 3.8) is 0 Å². The van der Waals surface area contributed by atoms with Crippen LogP contribution in [0.4, 0.5) is 9.18 Å². The van der Waals surface area contributed by atoms with E-state index in [2.05, 4.69) is 12.2 Å². The average Bonchev–Trinajstić information content (AvgIpc) is 2.47. The first-order chi connectivity index (χ1) is 11.1. The Kier molecular flexibility index (Phi) is 5.53. The maximum absolute atomic E-state index is 13.3. The van der Waals surface area contributed by atoms with E-state index in [1.54, 1.807) is 11.8 Å². The monoisotopic (exact) mass is 336 g/mol. The highest BCUT2D eigenvalue weighted by atomic mass is 19.1. The van der Waals surface area contributed by atoms with Crippen molar-refractivity contribution >= 4 is 6.09 Å². The van der Waals surface area contributed by atoms with Crippen molar-refractivity contribution in [1.82, 2.24) is 10.2 Å². The summed E-state index contributed by atoms with van der Waals surface area (Å²) in [6, 6.07) is 5.20. The number of hydrogen-bond donors (Lipinski definition) is 1. The van der Waals surface area contributed by atoms with Crippen LogP contribution in [0.3, 0.4) is 0 Å². The van der Waals surface area contributed by atoms with E-state index in [-0.39, 0.29) is 17.4 Å². The molecule has 1 saturated heterocycles. The summed E-state index contributed by atoms with van der Waals surface area (Å²) in [5, 5.41) is 3.57. The molecule has 1 amide bonds.